The maximum atomic E-state index is 12.4. The molecule has 8 heteroatoms. The van der Waals surface area contributed by atoms with Crippen molar-refractivity contribution in [3.05, 3.63) is 54.1 Å². The minimum atomic E-state index is -3.55. The van der Waals surface area contributed by atoms with Crippen molar-refractivity contribution in [2.24, 2.45) is 0 Å². The van der Waals surface area contributed by atoms with Crippen molar-refractivity contribution in [1.29, 1.82) is 0 Å². The van der Waals surface area contributed by atoms with Gasteiger partial charge in [-0.3, -0.25) is 9.59 Å². The summed E-state index contributed by atoms with van der Waals surface area (Å²) < 4.78 is 26.9. The van der Waals surface area contributed by atoms with Crippen LogP contribution >= 0.6 is 0 Å². The SMILES string of the molecule is CCCCNS(=O)(=O)c1ccc(NC(=O)c2ccc(NC(=O)CCCC)cc2)cc1. The van der Waals surface area contributed by atoms with E-state index in [1.54, 1.807) is 36.4 Å². The summed E-state index contributed by atoms with van der Waals surface area (Å²) in [4.78, 5) is 24.3. The molecule has 0 aromatic heterocycles. The van der Waals surface area contributed by atoms with E-state index < -0.39 is 10.0 Å². The maximum absolute atomic E-state index is 12.4. The van der Waals surface area contributed by atoms with Crippen LogP contribution in [0.4, 0.5) is 11.4 Å². The second-order valence-electron chi connectivity index (χ2n) is 6.96. The van der Waals surface area contributed by atoms with Crippen LogP contribution in [0.1, 0.15) is 56.3 Å². The van der Waals surface area contributed by atoms with Gasteiger partial charge < -0.3 is 10.6 Å². The molecule has 0 unspecified atom stereocenters. The summed E-state index contributed by atoms with van der Waals surface area (Å²) in [5.41, 5.74) is 1.56. The highest BCUT2D eigenvalue weighted by Crippen LogP contribution is 2.16. The van der Waals surface area contributed by atoms with E-state index >= 15 is 0 Å². The van der Waals surface area contributed by atoms with Crippen molar-refractivity contribution in [2.75, 3.05) is 17.2 Å². The number of benzene rings is 2. The quantitative estimate of drug-likeness (QED) is 0.465. The minimum absolute atomic E-state index is 0.0479. The van der Waals surface area contributed by atoms with E-state index in [9.17, 15) is 18.0 Å². The van der Waals surface area contributed by atoms with Crippen molar-refractivity contribution in [3.8, 4) is 0 Å². The zero-order valence-electron chi connectivity index (χ0n) is 17.4. The molecular formula is C22H29N3O4S. The van der Waals surface area contributed by atoms with Crippen molar-refractivity contribution in [1.82, 2.24) is 4.72 Å². The number of carbonyl (C=O) groups is 2. The fourth-order valence-electron chi connectivity index (χ4n) is 2.65. The second kappa shape index (κ2) is 11.5. The van der Waals surface area contributed by atoms with Crippen LogP contribution in [0.3, 0.4) is 0 Å². The Morgan fingerprint density at radius 1 is 0.800 bits per heavy atom. The molecule has 0 spiro atoms. The number of carbonyl (C=O) groups excluding carboxylic acids is 2. The monoisotopic (exact) mass is 431 g/mol. The fraction of sp³-hybridized carbons (Fsp3) is 0.364. The molecule has 2 amide bonds. The first-order valence-electron chi connectivity index (χ1n) is 10.2. The lowest BCUT2D eigenvalue weighted by Crippen LogP contribution is -2.24. The number of anilines is 2. The lowest BCUT2D eigenvalue weighted by Gasteiger charge is -2.09. The first kappa shape index (κ1) is 23.6. The van der Waals surface area contributed by atoms with Crippen LogP contribution in [0.2, 0.25) is 0 Å². The second-order valence-corrected chi connectivity index (χ2v) is 8.73. The molecule has 30 heavy (non-hydrogen) atoms. The smallest absolute Gasteiger partial charge is 0.255 e. The van der Waals surface area contributed by atoms with E-state index in [1.807, 2.05) is 13.8 Å². The summed E-state index contributed by atoms with van der Waals surface area (Å²) in [6.45, 7) is 4.41. The van der Waals surface area contributed by atoms with Gasteiger partial charge in [0.15, 0.2) is 0 Å². The Bertz CT molecular complexity index is 939. The van der Waals surface area contributed by atoms with Crippen LogP contribution in [-0.2, 0) is 14.8 Å². The van der Waals surface area contributed by atoms with Gasteiger partial charge >= 0.3 is 0 Å². The number of hydrogen-bond acceptors (Lipinski definition) is 4. The molecule has 0 saturated carbocycles. The van der Waals surface area contributed by atoms with Gasteiger partial charge in [0.1, 0.15) is 0 Å². The van der Waals surface area contributed by atoms with Gasteiger partial charge in [-0.05, 0) is 61.4 Å². The molecular weight excluding hydrogens is 402 g/mol. The van der Waals surface area contributed by atoms with E-state index in [0.29, 0.717) is 29.9 Å². The number of unbranched alkanes of at least 4 members (excludes halogenated alkanes) is 2. The highest BCUT2D eigenvalue weighted by molar-refractivity contribution is 7.89. The first-order valence-corrected chi connectivity index (χ1v) is 11.6. The van der Waals surface area contributed by atoms with E-state index in [2.05, 4.69) is 15.4 Å². The summed E-state index contributed by atoms with van der Waals surface area (Å²) in [7, 11) is -3.55. The number of nitrogens with one attached hydrogen (secondary N) is 3. The molecule has 0 aliphatic rings. The third-order valence-electron chi connectivity index (χ3n) is 4.43. The Morgan fingerprint density at radius 2 is 1.37 bits per heavy atom. The molecule has 0 atom stereocenters. The number of sulfonamides is 1. The molecule has 0 radical (unpaired) electrons. The average molecular weight is 432 g/mol. The lowest BCUT2D eigenvalue weighted by molar-refractivity contribution is -0.116. The van der Waals surface area contributed by atoms with Gasteiger partial charge in [-0.2, -0.15) is 0 Å². The van der Waals surface area contributed by atoms with Crippen molar-refractivity contribution >= 4 is 33.2 Å². The van der Waals surface area contributed by atoms with Crippen molar-refractivity contribution < 1.29 is 18.0 Å². The van der Waals surface area contributed by atoms with Crippen LogP contribution < -0.4 is 15.4 Å². The van der Waals surface area contributed by atoms with Gasteiger partial charge in [0.05, 0.1) is 4.90 Å². The zero-order valence-corrected chi connectivity index (χ0v) is 18.2. The Morgan fingerprint density at radius 3 is 1.97 bits per heavy atom. The first-order chi connectivity index (χ1) is 14.4. The van der Waals surface area contributed by atoms with Crippen LogP contribution in [0.25, 0.3) is 0 Å². The predicted molar refractivity (Wildman–Crippen MR) is 119 cm³/mol. The summed E-state index contributed by atoms with van der Waals surface area (Å²) >= 11 is 0. The molecule has 0 aliphatic carbocycles. The molecule has 2 aromatic carbocycles. The van der Waals surface area contributed by atoms with E-state index in [-0.39, 0.29) is 16.7 Å². The Balaban J connectivity index is 1.95. The summed E-state index contributed by atoms with van der Waals surface area (Å²) in [6, 6.07) is 12.6. The van der Waals surface area contributed by atoms with E-state index in [1.165, 1.54) is 12.1 Å². The molecule has 0 bridgehead atoms. The van der Waals surface area contributed by atoms with Gasteiger partial charge in [-0.15, -0.1) is 0 Å². The average Bonchev–Trinajstić information content (AvgIpc) is 2.73. The Hall–Kier alpha value is -2.71. The molecule has 0 aliphatic heterocycles. The number of hydrogen-bond donors (Lipinski definition) is 3. The largest absolute Gasteiger partial charge is 0.326 e. The highest BCUT2D eigenvalue weighted by atomic mass is 32.2. The molecule has 0 heterocycles. The fourth-order valence-corrected chi connectivity index (χ4v) is 3.73. The summed E-state index contributed by atoms with van der Waals surface area (Å²) in [5, 5.41) is 5.53. The molecule has 0 saturated heterocycles. The number of amides is 2. The topological polar surface area (TPSA) is 104 Å². The molecule has 2 aromatic rings. The van der Waals surface area contributed by atoms with Crippen molar-refractivity contribution in [2.45, 2.75) is 50.8 Å². The lowest BCUT2D eigenvalue weighted by atomic mass is 10.1. The normalized spacial score (nSPS) is 11.1. The molecule has 3 N–H and O–H groups in total. The molecule has 7 nitrogen and oxygen atoms in total. The van der Waals surface area contributed by atoms with Crippen LogP contribution in [0.15, 0.2) is 53.4 Å². The molecule has 162 valence electrons. The van der Waals surface area contributed by atoms with Gasteiger partial charge in [-0.25, -0.2) is 13.1 Å². The van der Waals surface area contributed by atoms with Gasteiger partial charge in [0.25, 0.3) is 5.91 Å². The van der Waals surface area contributed by atoms with Gasteiger partial charge in [0, 0.05) is 29.9 Å². The van der Waals surface area contributed by atoms with Crippen LogP contribution in [-0.4, -0.2) is 26.8 Å². The van der Waals surface area contributed by atoms with Gasteiger partial charge in [0.2, 0.25) is 15.9 Å². The third-order valence-corrected chi connectivity index (χ3v) is 5.91. The van der Waals surface area contributed by atoms with E-state index in [0.717, 1.165) is 25.7 Å². The minimum Gasteiger partial charge on any atom is -0.326 e. The van der Waals surface area contributed by atoms with E-state index in [4.69, 9.17) is 0 Å². The van der Waals surface area contributed by atoms with Gasteiger partial charge in [-0.1, -0.05) is 26.7 Å². The Kier molecular flexibility index (Phi) is 9.01. The zero-order chi connectivity index (χ0) is 22.0. The maximum Gasteiger partial charge on any atom is 0.255 e. The van der Waals surface area contributed by atoms with Crippen molar-refractivity contribution in [3.63, 3.8) is 0 Å². The summed E-state index contributed by atoms with van der Waals surface area (Å²) in [6.07, 6.45) is 3.93. The standard InChI is InChI=1S/C22H29N3O4S/c1-3-5-7-21(26)24-18-10-8-17(9-11-18)22(27)25-19-12-14-20(15-13-19)30(28,29)23-16-6-4-2/h8-15,23H,3-7,16H2,1-2H3,(H,24,26)(H,25,27). The molecule has 0 fully saturated rings. The Labute approximate surface area is 178 Å². The predicted octanol–water partition coefficient (Wildman–Crippen LogP) is 4.15. The number of rotatable bonds is 11. The highest BCUT2D eigenvalue weighted by Gasteiger charge is 2.13. The summed E-state index contributed by atoms with van der Waals surface area (Å²) in [5.74, 6) is -0.371. The molecule has 2 rings (SSSR count). The van der Waals surface area contributed by atoms with Crippen LogP contribution in [0, 0.1) is 0 Å². The van der Waals surface area contributed by atoms with Crippen LogP contribution in [0.5, 0.6) is 0 Å². The third kappa shape index (κ3) is 7.27.